The number of carbonyl (C=O) groups excluding carboxylic acids is 2. The van der Waals surface area contributed by atoms with Gasteiger partial charge in [-0.25, -0.2) is 0 Å². The van der Waals surface area contributed by atoms with E-state index in [0.29, 0.717) is 9.88 Å². The quantitative estimate of drug-likeness (QED) is 0.696. The summed E-state index contributed by atoms with van der Waals surface area (Å²) in [7, 11) is 0. The second-order valence-electron chi connectivity index (χ2n) is 5.38. The second-order valence-corrected chi connectivity index (χ2v) is 6.46. The number of hydrogen-bond donors (Lipinski definition) is 2. The zero-order chi connectivity index (χ0) is 19.0. The first-order valence-electron chi connectivity index (χ1n) is 7.55. The molecule has 1 aliphatic heterocycles. The van der Waals surface area contributed by atoms with Gasteiger partial charge in [0.2, 0.25) is 0 Å². The van der Waals surface area contributed by atoms with Gasteiger partial charge in [0.1, 0.15) is 0 Å². The van der Waals surface area contributed by atoms with E-state index < -0.39 is 18.1 Å². The lowest BCUT2D eigenvalue weighted by atomic mass is 10.2. The monoisotopic (exact) mass is 392 g/mol. The van der Waals surface area contributed by atoms with Crippen molar-refractivity contribution in [1.29, 1.82) is 0 Å². The van der Waals surface area contributed by atoms with Gasteiger partial charge >= 0.3 is 6.29 Å². The van der Waals surface area contributed by atoms with Crippen LogP contribution in [0.15, 0.2) is 53.1 Å². The van der Waals surface area contributed by atoms with E-state index in [1.807, 2.05) is 0 Å². The molecule has 0 saturated heterocycles. The summed E-state index contributed by atoms with van der Waals surface area (Å²) in [4.78, 5) is 24.6. The minimum atomic E-state index is -3.72. The minimum absolute atomic E-state index is 0.114. The molecule has 27 heavy (non-hydrogen) atoms. The fourth-order valence-electron chi connectivity index (χ4n) is 2.33. The number of alkyl halides is 2. The van der Waals surface area contributed by atoms with Crippen LogP contribution in [0.25, 0.3) is 0 Å². The number of ether oxygens (including phenoxy) is 2. The highest BCUT2D eigenvalue weighted by Crippen LogP contribution is 2.42. The molecule has 0 unspecified atom stereocenters. The summed E-state index contributed by atoms with van der Waals surface area (Å²) in [6, 6.07) is 10.1. The SMILES string of the molecule is O=C(Nc1ccc(C(=O)Nc2ccc3c(c2)OC(F)(F)O3)s1)c1ccco1. The smallest absolute Gasteiger partial charge is 0.459 e. The first-order valence-corrected chi connectivity index (χ1v) is 8.37. The molecule has 0 saturated carbocycles. The van der Waals surface area contributed by atoms with Crippen LogP contribution in [-0.4, -0.2) is 18.1 Å². The zero-order valence-electron chi connectivity index (χ0n) is 13.3. The lowest BCUT2D eigenvalue weighted by Crippen LogP contribution is -2.25. The number of benzene rings is 1. The van der Waals surface area contributed by atoms with Gasteiger partial charge in [0.25, 0.3) is 11.8 Å². The topological polar surface area (TPSA) is 89.8 Å². The Bertz CT molecular complexity index is 1020. The van der Waals surface area contributed by atoms with Crippen LogP contribution in [0.5, 0.6) is 11.5 Å². The number of furan rings is 1. The molecule has 3 heterocycles. The van der Waals surface area contributed by atoms with Gasteiger partial charge in [0, 0.05) is 11.8 Å². The Morgan fingerprint density at radius 2 is 1.78 bits per heavy atom. The van der Waals surface area contributed by atoms with Gasteiger partial charge in [-0.2, -0.15) is 0 Å². The van der Waals surface area contributed by atoms with Crippen molar-refractivity contribution in [3.63, 3.8) is 0 Å². The van der Waals surface area contributed by atoms with Crippen molar-refractivity contribution in [1.82, 2.24) is 0 Å². The van der Waals surface area contributed by atoms with Crippen LogP contribution in [0.1, 0.15) is 20.2 Å². The molecule has 0 spiro atoms. The predicted molar refractivity (Wildman–Crippen MR) is 91.6 cm³/mol. The molecule has 0 fully saturated rings. The van der Waals surface area contributed by atoms with E-state index in [1.165, 1.54) is 36.6 Å². The van der Waals surface area contributed by atoms with Crippen molar-refractivity contribution >= 4 is 33.8 Å². The van der Waals surface area contributed by atoms with E-state index in [0.717, 1.165) is 11.3 Å². The molecule has 0 radical (unpaired) electrons. The number of rotatable bonds is 4. The number of fused-ring (bicyclic) bond motifs is 1. The van der Waals surface area contributed by atoms with Crippen molar-refractivity contribution in [3.8, 4) is 11.5 Å². The maximum atomic E-state index is 13.0. The summed E-state index contributed by atoms with van der Waals surface area (Å²) in [6.07, 6.45) is -2.34. The van der Waals surface area contributed by atoms with Crippen LogP contribution >= 0.6 is 11.3 Å². The fraction of sp³-hybridized carbons (Fsp3) is 0.0588. The van der Waals surface area contributed by atoms with Crippen molar-refractivity contribution < 1.29 is 32.3 Å². The lowest BCUT2D eigenvalue weighted by molar-refractivity contribution is -0.286. The molecule has 2 N–H and O–H groups in total. The number of hydrogen-bond acceptors (Lipinski definition) is 6. The van der Waals surface area contributed by atoms with Crippen molar-refractivity contribution in [2.75, 3.05) is 10.6 Å². The number of nitrogens with one attached hydrogen (secondary N) is 2. The van der Waals surface area contributed by atoms with E-state index in [9.17, 15) is 18.4 Å². The van der Waals surface area contributed by atoms with E-state index >= 15 is 0 Å². The van der Waals surface area contributed by atoms with Gasteiger partial charge in [0.15, 0.2) is 17.3 Å². The third kappa shape index (κ3) is 3.60. The Balaban J connectivity index is 1.42. The predicted octanol–water partition coefficient (Wildman–Crippen LogP) is 4.17. The first-order chi connectivity index (χ1) is 12.9. The molecule has 10 heteroatoms. The van der Waals surface area contributed by atoms with Crippen LogP contribution in [-0.2, 0) is 0 Å². The highest BCUT2D eigenvalue weighted by Gasteiger charge is 2.43. The molecule has 2 amide bonds. The molecular weight excluding hydrogens is 382 g/mol. The molecule has 4 rings (SSSR count). The Kier molecular flexibility index (Phi) is 4.04. The molecule has 1 aliphatic rings. The van der Waals surface area contributed by atoms with E-state index in [4.69, 9.17) is 4.42 Å². The minimum Gasteiger partial charge on any atom is -0.459 e. The van der Waals surface area contributed by atoms with Gasteiger partial charge in [0.05, 0.1) is 16.1 Å². The van der Waals surface area contributed by atoms with Crippen LogP contribution in [0.4, 0.5) is 19.5 Å². The van der Waals surface area contributed by atoms with Crippen molar-refractivity contribution in [2.24, 2.45) is 0 Å². The second kappa shape index (κ2) is 6.40. The Labute approximate surface area is 154 Å². The maximum absolute atomic E-state index is 13.0. The third-order valence-electron chi connectivity index (χ3n) is 3.47. The summed E-state index contributed by atoms with van der Waals surface area (Å²) >= 11 is 1.05. The number of carbonyl (C=O) groups is 2. The summed E-state index contributed by atoms with van der Waals surface area (Å²) < 4.78 is 39.7. The number of amides is 2. The Morgan fingerprint density at radius 3 is 2.56 bits per heavy atom. The average molecular weight is 392 g/mol. The van der Waals surface area contributed by atoms with Crippen LogP contribution in [0.3, 0.4) is 0 Å². The summed E-state index contributed by atoms with van der Waals surface area (Å²) in [5.41, 5.74) is 0.259. The summed E-state index contributed by atoms with van der Waals surface area (Å²) in [6.45, 7) is 0. The molecule has 2 aromatic heterocycles. The van der Waals surface area contributed by atoms with Crippen molar-refractivity contribution in [2.45, 2.75) is 6.29 Å². The molecule has 7 nitrogen and oxygen atoms in total. The molecule has 1 aromatic carbocycles. The fourth-order valence-corrected chi connectivity index (χ4v) is 3.12. The standard InChI is InChI=1S/C17H10F2N2O5S/c18-17(19)25-10-4-3-9(8-12(10)26-17)20-16(23)13-5-6-14(27-13)21-15(22)11-2-1-7-24-11/h1-8H,(H,20,23)(H,21,22). The van der Waals surface area contributed by atoms with E-state index in [1.54, 1.807) is 12.1 Å². The number of halogens is 2. The van der Waals surface area contributed by atoms with Gasteiger partial charge in [-0.3, -0.25) is 9.59 Å². The van der Waals surface area contributed by atoms with Crippen LogP contribution in [0.2, 0.25) is 0 Å². The molecule has 138 valence electrons. The molecule has 3 aromatic rings. The summed E-state index contributed by atoms with van der Waals surface area (Å²) in [5.74, 6) is -1.05. The highest BCUT2D eigenvalue weighted by atomic mass is 32.1. The lowest BCUT2D eigenvalue weighted by Gasteiger charge is -2.05. The molecular formula is C17H10F2N2O5S. The van der Waals surface area contributed by atoms with Crippen molar-refractivity contribution in [3.05, 3.63) is 59.4 Å². The Hall–Kier alpha value is -3.40. The maximum Gasteiger partial charge on any atom is 0.586 e. The number of anilines is 2. The third-order valence-corrected chi connectivity index (χ3v) is 4.47. The molecule has 0 bridgehead atoms. The first kappa shape index (κ1) is 17.0. The normalized spacial score (nSPS) is 14.0. The Morgan fingerprint density at radius 1 is 0.963 bits per heavy atom. The van der Waals surface area contributed by atoms with Gasteiger partial charge in [-0.05, 0) is 36.4 Å². The van der Waals surface area contributed by atoms with Crippen LogP contribution in [0, 0.1) is 0 Å². The molecule has 0 atom stereocenters. The largest absolute Gasteiger partial charge is 0.586 e. The van der Waals surface area contributed by atoms with Gasteiger partial charge < -0.3 is 24.5 Å². The zero-order valence-corrected chi connectivity index (χ0v) is 14.1. The summed E-state index contributed by atoms with van der Waals surface area (Å²) in [5, 5.41) is 5.63. The molecule has 0 aliphatic carbocycles. The van der Waals surface area contributed by atoms with E-state index in [2.05, 4.69) is 20.1 Å². The van der Waals surface area contributed by atoms with Gasteiger partial charge in [-0.1, -0.05) is 0 Å². The number of thiophene rings is 1. The average Bonchev–Trinajstić information content (AvgIpc) is 3.32. The van der Waals surface area contributed by atoms with Crippen LogP contribution < -0.4 is 20.1 Å². The van der Waals surface area contributed by atoms with Gasteiger partial charge in [-0.15, -0.1) is 20.1 Å². The van der Waals surface area contributed by atoms with E-state index in [-0.39, 0.29) is 22.9 Å². The highest BCUT2D eigenvalue weighted by molar-refractivity contribution is 7.18.